The second-order valence-electron chi connectivity index (χ2n) is 6.75. The van der Waals surface area contributed by atoms with Crippen molar-refractivity contribution in [3.63, 3.8) is 0 Å². The number of aryl methyl sites for hydroxylation is 2. The molecule has 3 rings (SSSR count). The standard InChI is InChI=1S/C17H27N5O2/c1-14-4-8-18-22(14)13-7-16(23)19-15-5-11-21(12-6-15)17(24)20-9-2-3-10-20/h4,8,15H,2-3,5-7,9-13H2,1H3,(H,19,23). The molecule has 3 heterocycles. The van der Waals surface area contributed by atoms with Crippen LogP contribution in [0.2, 0.25) is 0 Å². The number of aromatic nitrogens is 2. The molecule has 3 amide bonds. The van der Waals surface area contributed by atoms with Crippen molar-refractivity contribution < 1.29 is 9.59 Å². The van der Waals surface area contributed by atoms with Gasteiger partial charge in [0.05, 0.1) is 0 Å². The molecule has 0 aliphatic carbocycles. The number of piperidine rings is 1. The maximum absolute atomic E-state index is 12.3. The van der Waals surface area contributed by atoms with E-state index in [-0.39, 0.29) is 18.0 Å². The Morgan fingerprint density at radius 1 is 1.17 bits per heavy atom. The summed E-state index contributed by atoms with van der Waals surface area (Å²) < 4.78 is 1.84. The summed E-state index contributed by atoms with van der Waals surface area (Å²) in [6, 6.07) is 2.29. The van der Waals surface area contributed by atoms with Crippen molar-refractivity contribution in [1.82, 2.24) is 24.9 Å². The molecule has 0 aromatic carbocycles. The van der Waals surface area contributed by atoms with Crippen LogP contribution in [0.4, 0.5) is 4.79 Å². The van der Waals surface area contributed by atoms with Crippen molar-refractivity contribution in [2.24, 2.45) is 0 Å². The maximum atomic E-state index is 12.3. The number of carbonyl (C=O) groups is 2. The quantitative estimate of drug-likeness (QED) is 0.905. The molecule has 7 heteroatoms. The smallest absolute Gasteiger partial charge is 0.319 e. The average molecular weight is 333 g/mol. The van der Waals surface area contributed by atoms with Crippen LogP contribution >= 0.6 is 0 Å². The highest BCUT2D eigenvalue weighted by Gasteiger charge is 2.28. The average Bonchev–Trinajstić information content (AvgIpc) is 3.25. The molecule has 7 nitrogen and oxygen atoms in total. The third kappa shape index (κ3) is 4.07. The minimum Gasteiger partial charge on any atom is -0.353 e. The van der Waals surface area contributed by atoms with Crippen molar-refractivity contribution in [3.05, 3.63) is 18.0 Å². The first-order valence-electron chi connectivity index (χ1n) is 8.95. The molecule has 0 radical (unpaired) electrons. The van der Waals surface area contributed by atoms with Crippen LogP contribution in [0.1, 0.15) is 37.8 Å². The topological polar surface area (TPSA) is 70.5 Å². The summed E-state index contributed by atoms with van der Waals surface area (Å²) in [6.45, 7) is 5.84. The van der Waals surface area contributed by atoms with E-state index in [0.717, 1.165) is 57.6 Å². The van der Waals surface area contributed by atoms with Gasteiger partial charge >= 0.3 is 6.03 Å². The van der Waals surface area contributed by atoms with E-state index in [1.165, 1.54) is 0 Å². The lowest BCUT2D eigenvalue weighted by molar-refractivity contribution is -0.122. The first-order chi connectivity index (χ1) is 11.6. The summed E-state index contributed by atoms with van der Waals surface area (Å²) in [7, 11) is 0. The van der Waals surface area contributed by atoms with Gasteiger partial charge < -0.3 is 15.1 Å². The molecule has 0 spiro atoms. The van der Waals surface area contributed by atoms with Crippen LogP contribution < -0.4 is 5.32 Å². The lowest BCUT2D eigenvalue weighted by Gasteiger charge is -2.34. The number of amides is 3. The number of carbonyl (C=O) groups excluding carboxylic acids is 2. The Morgan fingerprint density at radius 2 is 1.83 bits per heavy atom. The van der Waals surface area contributed by atoms with Crippen molar-refractivity contribution in [2.45, 2.75) is 51.6 Å². The van der Waals surface area contributed by atoms with Gasteiger partial charge in [-0.3, -0.25) is 9.48 Å². The largest absolute Gasteiger partial charge is 0.353 e. The number of nitrogens with one attached hydrogen (secondary N) is 1. The van der Waals surface area contributed by atoms with E-state index in [0.29, 0.717) is 13.0 Å². The number of urea groups is 1. The van der Waals surface area contributed by atoms with E-state index in [1.54, 1.807) is 6.20 Å². The summed E-state index contributed by atoms with van der Waals surface area (Å²) in [5.41, 5.74) is 1.07. The van der Waals surface area contributed by atoms with Gasteiger partial charge in [0.1, 0.15) is 0 Å². The second kappa shape index (κ2) is 7.68. The third-order valence-corrected chi connectivity index (χ3v) is 4.99. The fraction of sp³-hybridized carbons (Fsp3) is 0.706. The van der Waals surface area contributed by atoms with E-state index in [9.17, 15) is 9.59 Å². The van der Waals surface area contributed by atoms with Gasteiger partial charge in [0, 0.05) is 57.1 Å². The van der Waals surface area contributed by atoms with Crippen LogP contribution in [-0.2, 0) is 11.3 Å². The Bertz CT molecular complexity index is 571. The summed E-state index contributed by atoms with van der Waals surface area (Å²) in [5.74, 6) is 0.0641. The number of nitrogens with zero attached hydrogens (tertiary/aromatic N) is 4. The highest BCUT2D eigenvalue weighted by molar-refractivity contribution is 5.76. The molecule has 132 valence electrons. The van der Waals surface area contributed by atoms with Gasteiger partial charge in [0.15, 0.2) is 0 Å². The van der Waals surface area contributed by atoms with Gasteiger partial charge in [-0.1, -0.05) is 0 Å². The Hall–Kier alpha value is -2.05. The number of hydrogen-bond acceptors (Lipinski definition) is 3. The van der Waals surface area contributed by atoms with Gasteiger partial charge in [-0.2, -0.15) is 5.10 Å². The minimum absolute atomic E-state index is 0.0641. The van der Waals surface area contributed by atoms with Gasteiger partial charge in [-0.25, -0.2) is 4.79 Å². The molecular weight excluding hydrogens is 306 g/mol. The van der Waals surface area contributed by atoms with Gasteiger partial charge in [0.25, 0.3) is 0 Å². The monoisotopic (exact) mass is 333 g/mol. The Morgan fingerprint density at radius 3 is 2.46 bits per heavy atom. The summed E-state index contributed by atoms with van der Waals surface area (Å²) >= 11 is 0. The summed E-state index contributed by atoms with van der Waals surface area (Å²) in [4.78, 5) is 28.3. The van der Waals surface area contributed by atoms with Crippen molar-refractivity contribution in [3.8, 4) is 0 Å². The Kier molecular flexibility index (Phi) is 5.37. The molecule has 1 N–H and O–H groups in total. The van der Waals surface area contributed by atoms with E-state index >= 15 is 0 Å². The van der Waals surface area contributed by atoms with Crippen molar-refractivity contribution in [2.75, 3.05) is 26.2 Å². The molecule has 1 aromatic heterocycles. The summed E-state index contributed by atoms with van der Waals surface area (Å²) in [6.07, 6.45) is 6.11. The van der Waals surface area contributed by atoms with E-state index < -0.39 is 0 Å². The molecule has 2 fully saturated rings. The predicted octanol–water partition coefficient (Wildman–Crippen LogP) is 1.38. The van der Waals surface area contributed by atoms with Crippen LogP contribution in [0.25, 0.3) is 0 Å². The highest BCUT2D eigenvalue weighted by atomic mass is 16.2. The Balaban J connectivity index is 1.38. The van der Waals surface area contributed by atoms with Crippen molar-refractivity contribution >= 4 is 11.9 Å². The molecular formula is C17H27N5O2. The van der Waals surface area contributed by atoms with E-state index in [4.69, 9.17) is 0 Å². The molecule has 0 bridgehead atoms. The highest BCUT2D eigenvalue weighted by Crippen LogP contribution is 2.16. The minimum atomic E-state index is 0.0641. The third-order valence-electron chi connectivity index (χ3n) is 4.99. The predicted molar refractivity (Wildman–Crippen MR) is 90.5 cm³/mol. The normalized spacial score (nSPS) is 18.9. The molecule has 2 saturated heterocycles. The first-order valence-corrected chi connectivity index (χ1v) is 8.95. The van der Waals surface area contributed by atoms with Crippen LogP contribution in [0, 0.1) is 6.92 Å². The second-order valence-corrected chi connectivity index (χ2v) is 6.75. The fourth-order valence-electron chi connectivity index (χ4n) is 3.46. The number of rotatable bonds is 4. The molecule has 1 aromatic rings. The molecule has 0 unspecified atom stereocenters. The SMILES string of the molecule is Cc1ccnn1CCC(=O)NC1CCN(C(=O)N2CCCC2)CC1. The first kappa shape index (κ1) is 16.8. The molecule has 2 aliphatic heterocycles. The van der Waals surface area contributed by atoms with Crippen molar-refractivity contribution in [1.29, 1.82) is 0 Å². The van der Waals surface area contributed by atoms with Crippen LogP contribution in [0.15, 0.2) is 12.3 Å². The van der Waals surface area contributed by atoms with E-state index in [2.05, 4.69) is 10.4 Å². The molecule has 2 aliphatic rings. The molecule has 24 heavy (non-hydrogen) atoms. The lowest BCUT2D eigenvalue weighted by Crippen LogP contribution is -2.50. The summed E-state index contributed by atoms with van der Waals surface area (Å²) in [5, 5.41) is 7.29. The maximum Gasteiger partial charge on any atom is 0.319 e. The number of hydrogen-bond donors (Lipinski definition) is 1. The zero-order chi connectivity index (χ0) is 16.9. The zero-order valence-electron chi connectivity index (χ0n) is 14.4. The van der Waals surface area contributed by atoms with Gasteiger partial charge in [0.2, 0.25) is 5.91 Å². The Labute approximate surface area is 143 Å². The molecule has 0 atom stereocenters. The van der Waals surface area contributed by atoms with Gasteiger partial charge in [-0.05, 0) is 38.7 Å². The zero-order valence-corrected chi connectivity index (χ0v) is 14.4. The van der Waals surface area contributed by atoms with Crippen LogP contribution in [0.3, 0.4) is 0 Å². The van der Waals surface area contributed by atoms with Gasteiger partial charge in [-0.15, -0.1) is 0 Å². The lowest BCUT2D eigenvalue weighted by atomic mass is 10.1. The van der Waals surface area contributed by atoms with Crippen LogP contribution in [0.5, 0.6) is 0 Å². The number of likely N-dealkylation sites (tertiary alicyclic amines) is 2. The van der Waals surface area contributed by atoms with Crippen LogP contribution in [-0.4, -0.2) is 63.7 Å². The van der Waals surface area contributed by atoms with E-state index in [1.807, 2.05) is 27.5 Å². The fourth-order valence-corrected chi connectivity index (χ4v) is 3.46. The molecule has 0 saturated carbocycles.